The molecular formula is C11H19NO4. The first-order valence-corrected chi connectivity index (χ1v) is 5.57. The van der Waals surface area contributed by atoms with Gasteiger partial charge in [-0.25, -0.2) is 0 Å². The molecular weight excluding hydrogens is 210 g/mol. The Morgan fingerprint density at radius 3 is 2.25 bits per heavy atom. The van der Waals surface area contributed by atoms with Crippen molar-refractivity contribution in [3.8, 4) is 0 Å². The highest BCUT2D eigenvalue weighted by Crippen LogP contribution is 2.15. The molecule has 1 aliphatic rings. The molecule has 0 spiro atoms. The summed E-state index contributed by atoms with van der Waals surface area (Å²) in [5, 5.41) is 0. The lowest BCUT2D eigenvalue weighted by molar-refractivity contribution is -0.154. The fourth-order valence-corrected chi connectivity index (χ4v) is 1.97. The summed E-state index contributed by atoms with van der Waals surface area (Å²) in [7, 11) is 2.67. The van der Waals surface area contributed by atoms with Crippen LogP contribution in [-0.2, 0) is 19.1 Å². The minimum Gasteiger partial charge on any atom is -0.469 e. The van der Waals surface area contributed by atoms with Crippen LogP contribution in [0.1, 0.15) is 25.7 Å². The fourth-order valence-electron chi connectivity index (χ4n) is 1.97. The van der Waals surface area contributed by atoms with Gasteiger partial charge in [-0.05, 0) is 25.9 Å². The minimum atomic E-state index is -0.488. The van der Waals surface area contributed by atoms with Crippen molar-refractivity contribution in [2.75, 3.05) is 27.3 Å². The van der Waals surface area contributed by atoms with Crippen LogP contribution in [0.25, 0.3) is 0 Å². The Hall–Kier alpha value is -1.10. The molecule has 0 bridgehead atoms. The van der Waals surface area contributed by atoms with Crippen LogP contribution in [0.15, 0.2) is 0 Å². The van der Waals surface area contributed by atoms with Crippen molar-refractivity contribution in [1.82, 2.24) is 4.90 Å². The molecule has 1 saturated heterocycles. The first kappa shape index (κ1) is 13.0. The van der Waals surface area contributed by atoms with Gasteiger partial charge in [0.05, 0.1) is 20.6 Å². The predicted molar refractivity (Wildman–Crippen MR) is 57.9 cm³/mol. The highest BCUT2D eigenvalue weighted by Gasteiger charge is 2.30. The normalized spacial score (nSPS) is 18.9. The lowest BCUT2D eigenvalue weighted by Gasteiger charge is -2.32. The van der Waals surface area contributed by atoms with Crippen LogP contribution in [0.2, 0.25) is 0 Å². The average molecular weight is 229 g/mol. The van der Waals surface area contributed by atoms with Gasteiger partial charge in [0.15, 0.2) is 0 Å². The third-order valence-corrected chi connectivity index (χ3v) is 2.89. The van der Waals surface area contributed by atoms with Crippen LogP contribution in [0, 0.1) is 0 Å². The zero-order valence-electron chi connectivity index (χ0n) is 9.90. The molecule has 0 amide bonds. The van der Waals surface area contributed by atoms with E-state index in [-0.39, 0.29) is 18.4 Å². The van der Waals surface area contributed by atoms with Gasteiger partial charge in [-0.2, -0.15) is 0 Å². The SMILES string of the molecule is COC(=O)C[C@H](C(=O)OC)N1CCCCC1. The number of esters is 2. The highest BCUT2D eigenvalue weighted by molar-refractivity contribution is 5.82. The largest absolute Gasteiger partial charge is 0.469 e. The maximum Gasteiger partial charge on any atom is 0.323 e. The monoisotopic (exact) mass is 229 g/mol. The molecule has 0 radical (unpaired) electrons. The van der Waals surface area contributed by atoms with Gasteiger partial charge in [0.2, 0.25) is 0 Å². The van der Waals surface area contributed by atoms with Crippen LogP contribution in [-0.4, -0.2) is 50.2 Å². The fraction of sp³-hybridized carbons (Fsp3) is 0.818. The van der Waals surface area contributed by atoms with Gasteiger partial charge in [0.25, 0.3) is 0 Å². The Labute approximate surface area is 95.7 Å². The Bertz CT molecular complexity index is 248. The number of hydrogen-bond acceptors (Lipinski definition) is 5. The first-order chi connectivity index (χ1) is 7.69. The first-order valence-electron chi connectivity index (χ1n) is 5.57. The third-order valence-electron chi connectivity index (χ3n) is 2.89. The summed E-state index contributed by atoms with van der Waals surface area (Å²) in [5.74, 6) is -0.728. The van der Waals surface area contributed by atoms with E-state index >= 15 is 0 Å². The molecule has 5 heteroatoms. The van der Waals surface area contributed by atoms with Gasteiger partial charge < -0.3 is 9.47 Å². The molecule has 0 aromatic rings. The molecule has 0 aromatic heterocycles. The average Bonchev–Trinajstić information content (AvgIpc) is 2.35. The van der Waals surface area contributed by atoms with Gasteiger partial charge in [-0.15, -0.1) is 0 Å². The molecule has 92 valence electrons. The lowest BCUT2D eigenvalue weighted by atomic mass is 10.1. The van der Waals surface area contributed by atoms with E-state index in [9.17, 15) is 9.59 Å². The molecule has 0 aliphatic carbocycles. The van der Waals surface area contributed by atoms with Crippen LogP contribution >= 0.6 is 0 Å². The molecule has 1 fully saturated rings. The number of ether oxygens (including phenoxy) is 2. The van der Waals surface area contributed by atoms with Gasteiger partial charge in [-0.1, -0.05) is 6.42 Å². The summed E-state index contributed by atoms with van der Waals surface area (Å²) in [6.45, 7) is 1.69. The molecule has 1 heterocycles. The molecule has 1 rings (SSSR count). The predicted octanol–water partition coefficient (Wildman–Crippen LogP) is 0.577. The number of methoxy groups -OCH3 is 2. The van der Waals surface area contributed by atoms with Crippen molar-refractivity contribution in [3.63, 3.8) is 0 Å². The van der Waals surface area contributed by atoms with Crippen molar-refractivity contribution in [1.29, 1.82) is 0 Å². The molecule has 1 aliphatic heterocycles. The van der Waals surface area contributed by atoms with E-state index in [4.69, 9.17) is 4.74 Å². The number of likely N-dealkylation sites (tertiary alicyclic amines) is 1. The van der Waals surface area contributed by atoms with Crippen LogP contribution in [0.4, 0.5) is 0 Å². The zero-order chi connectivity index (χ0) is 12.0. The standard InChI is InChI=1S/C11H19NO4/c1-15-10(13)8-9(11(14)16-2)12-6-4-3-5-7-12/h9H,3-8H2,1-2H3/t9-/m1/s1. The van der Waals surface area contributed by atoms with E-state index in [0.717, 1.165) is 25.9 Å². The number of rotatable bonds is 4. The quantitative estimate of drug-likeness (QED) is 0.660. The molecule has 0 unspecified atom stereocenters. The second kappa shape index (κ2) is 6.48. The van der Waals surface area contributed by atoms with Crippen molar-refractivity contribution >= 4 is 11.9 Å². The Kier molecular flexibility index (Phi) is 5.25. The van der Waals surface area contributed by atoms with Gasteiger partial charge in [0.1, 0.15) is 6.04 Å². The van der Waals surface area contributed by atoms with Crippen molar-refractivity contribution in [3.05, 3.63) is 0 Å². The van der Waals surface area contributed by atoms with Crippen molar-refractivity contribution < 1.29 is 19.1 Å². The summed E-state index contributed by atoms with van der Waals surface area (Å²) in [5.41, 5.74) is 0. The van der Waals surface area contributed by atoms with E-state index in [2.05, 4.69) is 4.74 Å². The topological polar surface area (TPSA) is 55.8 Å². The third kappa shape index (κ3) is 3.48. The van der Waals surface area contributed by atoms with Crippen LogP contribution in [0.3, 0.4) is 0 Å². The van der Waals surface area contributed by atoms with Crippen molar-refractivity contribution in [2.24, 2.45) is 0 Å². The van der Waals surface area contributed by atoms with Crippen molar-refractivity contribution in [2.45, 2.75) is 31.7 Å². The van der Waals surface area contributed by atoms with Crippen LogP contribution in [0.5, 0.6) is 0 Å². The van der Waals surface area contributed by atoms with E-state index in [0.29, 0.717) is 0 Å². The Morgan fingerprint density at radius 1 is 1.12 bits per heavy atom. The second-order valence-corrected chi connectivity index (χ2v) is 3.92. The van der Waals surface area contributed by atoms with E-state index < -0.39 is 6.04 Å². The molecule has 1 atom stereocenters. The maximum absolute atomic E-state index is 11.6. The van der Waals surface area contributed by atoms with Crippen LogP contribution < -0.4 is 0 Å². The molecule has 0 N–H and O–H groups in total. The number of hydrogen-bond donors (Lipinski definition) is 0. The molecule has 5 nitrogen and oxygen atoms in total. The molecule has 16 heavy (non-hydrogen) atoms. The van der Waals surface area contributed by atoms with Gasteiger partial charge in [0, 0.05) is 0 Å². The van der Waals surface area contributed by atoms with E-state index in [1.54, 1.807) is 0 Å². The number of carbonyl (C=O) groups is 2. The number of nitrogens with zero attached hydrogens (tertiary/aromatic N) is 1. The van der Waals surface area contributed by atoms with Gasteiger partial charge >= 0.3 is 11.9 Å². The lowest BCUT2D eigenvalue weighted by Crippen LogP contribution is -2.45. The summed E-state index contributed by atoms with van der Waals surface area (Å²) in [6, 6.07) is -0.488. The smallest absolute Gasteiger partial charge is 0.323 e. The highest BCUT2D eigenvalue weighted by atomic mass is 16.5. The van der Waals surface area contributed by atoms with E-state index in [1.807, 2.05) is 4.90 Å². The molecule has 0 saturated carbocycles. The number of piperidine rings is 1. The molecule has 0 aromatic carbocycles. The maximum atomic E-state index is 11.6. The second-order valence-electron chi connectivity index (χ2n) is 3.92. The van der Waals surface area contributed by atoms with E-state index in [1.165, 1.54) is 20.6 Å². The summed E-state index contributed by atoms with van der Waals surface area (Å²) < 4.78 is 9.32. The number of carbonyl (C=O) groups excluding carboxylic acids is 2. The Balaban J connectivity index is 2.61. The minimum absolute atomic E-state index is 0.0726. The summed E-state index contributed by atoms with van der Waals surface area (Å²) in [4.78, 5) is 24.8. The summed E-state index contributed by atoms with van der Waals surface area (Å²) in [6.07, 6.45) is 3.38. The van der Waals surface area contributed by atoms with Gasteiger partial charge in [-0.3, -0.25) is 14.5 Å². The zero-order valence-corrected chi connectivity index (χ0v) is 9.90. The Morgan fingerprint density at radius 2 is 1.75 bits per heavy atom. The summed E-state index contributed by atoms with van der Waals surface area (Å²) >= 11 is 0.